The van der Waals surface area contributed by atoms with Gasteiger partial charge in [-0.15, -0.1) is 0 Å². The SMILES string of the molecule is COc1ccc(Nc2cc(Nc3cccc4cccnc34)nc(C)n2)cc1OC. The number of hydrogen-bond acceptors (Lipinski definition) is 7. The van der Waals surface area contributed by atoms with Gasteiger partial charge in [0.15, 0.2) is 11.5 Å². The van der Waals surface area contributed by atoms with E-state index in [0.29, 0.717) is 29.0 Å². The Kier molecular flexibility index (Phi) is 5.11. The number of methoxy groups -OCH3 is 2. The molecular weight excluding hydrogens is 366 g/mol. The van der Waals surface area contributed by atoms with Gasteiger partial charge >= 0.3 is 0 Å². The van der Waals surface area contributed by atoms with Gasteiger partial charge in [0.25, 0.3) is 0 Å². The molecule has 0 unspecified atom stereocenters. The minimum atomic E-state index is 0.642. The van der Waals surface area contributed by atoms with Crippen molar-refractivity contribution >= 4 is 33.9 Å². The maximum atomic E-state index is 5.36. The zero-order chi connectivity index (χ0) is 20.2. The maximum Gasteiger partial charge on any atom is 0.162 e. The van der Waals surface area contributed by atoms with Gasteiger partial charge in [-0.3, -0.25) is 4.98 Å². The second-order valence-electron chi connectivity index (χ2n) is 6.39. The number of aryl methyl sites for hydroxylation is 1. The highest BCUT2D eigenvalue weighted by Gasteiger charge is 2.08. The lowest BCUT2D eigenvalue weighted by Gasteiger charge is -2.13. The average Bonchev–Trinajstić information content (AvgIpc) is 2.73. The standard InChI is InChI=1S/C22H21N5O2/c1-14-24-20(26-16-9-10-18(28-2)19(12-16)29-3)13-21(25-14)27-17-8-4-6-15-7-5-11-23-22(15)17/h4-13H,1-3H3,(H2,24,25,26,27). The van der Waals surface area contributed by atoms with Crippen LogP contribution >= 0.6 is 0 Å². The minimum Gasteiger partial charge on any atom is -0.493 e. The highest BCUT2D eigenvalue weighted by atomic mass is 16.5. The Bertz CT molecular complexity index is 1160. The van der Waals surface area contributed by atoms with Gasteiger partial charge in [0.05, 0.1) is 25.4 Å². The summed E-state index contributed by atoms with van der Waals surface area (Å²) in [6.07, 6.45) is 1.78. The van der Waals surface area contributed by atoms with E-state index in [1.807, 2.05) is 61.5 Å². The van der Waals surface area contributed by atoms with Crippen LogP contribution in [0.2, 0.25) is 0 Å². The molecule has 29 heavy (non-hydrogen) atoms. The molecule has 0 fully saturated rings. The van der Waals surface area contributed by atoms with Crippen molar-refractivity contribution < 1.29 is 9.47 Å². The summed E-state index contributed by atoms with van der Waals surface area (Å²) in [5.74, 6) is 3.30. The van der Waals surface area contributed by atoms with Gasteiger partial charge in [0.2, 0.25) is 0 Å². The molecule has 0 atom stereocenters. The van der Waals surface area contributed by atoms with Crippen LogP contribution in [0.3, 0.4) is 0 Å². The van der Waals surface area contributed by atoms with E-state index in [9.17, 15) is 0 Å². The van der Waals surface area contributed by atoms with Crippen molar-refractivity contribution in [3.8, 4) is 11.5 Å². The number of hydrogen-bond donors (Lipinski definition) is 2. The Morgan fingerprint density at radius 1 is 0.793 bits per heavy atom. The van der Waals surface area contributed by atoms with Gasteiger partial charge in [-0.25, -0.2) is 9.97 Å². The highest BCUT2D eigenvalue weighted by molar-refractivity contribution is 5.91. The van der Waals surface area contributed by atoms with Gasteiger partial charge in [-0.1, -0.05) is 18.2 Å². The van der Waals surface area contributed by atoms with E-state index in [0.717, 1.165) is 22.3 Å². The molecule has 0 spiro atoms. The van der Waals surface area contributed by atoms with E-state index in [2.05, 4.69) is 25.6 Å². The molecule has 2 heterocycles. The summed E-state index contributed by atoms with van der Waals surface area (Å²) in [4.78, 5) is 13.5. The lowest BCUT2D eigenvalue weighted by Crippen LogP contribution is -2.02. The minimum absolute atomic E-state index is 0.642. The van der Waals surface area contributed by atoms with E-state index in [-0.39, 0.29) is 0 Å². The molecule has 4 aromatic rings. The predicted molar refractivity (Wildman–Crippen MR) is 115 cm³/mol. The Morgan fingerprint density at radius 2 is 1.55 bits per heavy atom. The molecule has 146 valence electrons. The van der Waals surface area contributed by atoms with Crippen LogP contribution in [0.15, 0.2) is 60.8 Å². The Hall–Kier alpha value is -3.87. The lowest BCUT2D eigenvalue weighted by molar-refractivity contribution is 0.355. The lowest BCUT2D eigenvalue weighted by atomic mass is 10.2. The normalized spacial score (nSPS) is 10.6. The number of benzene rings is 2. The topological polar surface area (TPSA) is 81.2 Å². The van der Waals surface area contributed by atoms with Gasteiger partial charge in [0, 0.05) is 29.4 Å². The molecular formula is C22H21N5O2. The number of para-hydroxylation sites is 1. The van der Waals surface area contributed by atoms with Crippen LogP contribution in [0.1, 0.15) is 5.82 Å². The summed E-state index contributed by atoms with van der Waals surface area (Å²) in [6.45, 7) is 1.85. The van der Waals surface area contributed by atoms with Crippen LogP contribution < -0.4 is 20.1 Å². The Labute approximate surface area is 168 Å². The summed E-state index contributed by atoms with van der Waals surface area (Å²) in [5.41, 5.74) is 2.61. The van der Waals surface area contributed by atoms with Gasteiger partial charge in [-0.05, 0) is 31.2 Å². The number of ether oxygens (including phenoxy) is 2. The van der Waals surface area contributed by atoms with Crippen molar-refractivity contribution in [2.45, 2.75) is 6.92 Å². The Balaban J connectivity index is 1.63. The molecule has 0 radical (unpaired) electrons. The molecule has 2 N–H and O–H groups in total. The zero-order valence-electron chi connectivity index (χ0n) is 16.4. The third-order valence-electron chi connectivity index (χ3n) is 4.39. The molecule has 0 amide bonds. The first-order chi connectivity index (χ1) is 14.2. The fourth-order valence-corrected chi connectivity index (χ4v) is 3.10. The quantitative estimate of drug-likeness (QED) is 0.490. The summed E-state index contributed by atoms with van der Waals surface area (Å²) in [7, 11) is 3.22. The number of nitrogens with zero attached hydrogens (tertiary/aromatic N) is 3. The summed E-state index contributed by atoms with van der Waals surface area (Å²) < 4.78 is 10.7. The van der Waals surface area contributed by atoms with E-state index in [1.165, 1.54) is 0 Å². The van der Waals surface area contributed by atoms with Crippen molar-refractivity contribution in [3.63, 3.8) is 0 Å². The summed E-state index contributed by atoms with van der Waals surface area (Å²) in [5, 5.41) is 7.71. The molecule has 4 rings (SSSR count). The average molecular weight is 387 g/mol. The monoisotopic (exact) mass is 387 g/mol. The predicted octanol–water partition coefficient (Wildman–Crippen LogP) is 4.84. The first kappa shape index (κ1) is 18.5. The van der Waals surface area contributed by atoms with E-state index < -0.39 is 0 Å². The van der Waals surface area contributed by atoms with Crippen molar-refractivity contribution in [2.24, 2.45) is 0 Å². The molecule has 0 bridgehead atoms. The summed E-state index contributed by atoms with van der Waals surface area (Å²) in [6, 6.07) is 17.4. The van der Waals surface area contributed by atoms with Crippen molar-refractivity contribution in [1.82, 2.24) is 15.0 Å². The third-order valence-corrected chi connectivity index (χ3v) is 4.39. The van der Waals surface area contributed by atoms with Crippen LogP contribution in [-0.4, -0.2) is 29.2 Å². The van der Waals surface area contributed by atoms with Gasteiger partial charge < -0.3 is 20.1 Å². The summed E-state index contributed by atoms with van der Waals surface area (Å²) >= 11 is 0. The van der Waals surface area contributed by atoms with Crippen molar-refractivity contribution in [3.05, 3.63) is 66.6 Å². The van der Waals surface area contributed by atoms with E-state index >= 15 is 0 Å². The molecule has 0 aliphatic carbocycles. The van der Waals surface area contributed by atoms with E-state index in [1.54, 1.807) is 20.4 Å². The van der Waals surface area contributed by atoms with Gasteiger partial charge in [-0.2, -0.15) is 0 Å². The molecule has 0 aliphatic rings. The smallest absolute Gasteiger partial charge is 0.162 e. The second kappa shape index (κ2) is 8.02. The molecule has 2 aromatic heterocycles. The number of nitrogens with one attached hydrogen (secondary N) is 2. The van der Waals surface area contributed by atoms with Crippen LogP contribution in [0.4, 0.5) is 23.0 Å². The van der Waals surface area contributed by atoms with E-state index in [4.69, 9.17) is 9.47 Å². The number of pyridine rings is 1. The van der Waals surface area contributed by atoms with Crippen molar-refractivity contribution in [2.75, 3.05) is 24.9 Å². The molecule has 0 aliphatic heterocycles. The van der Waals surface area contributed by atoms with Crippen LogP contribution in [0.5, 0.6) is 11.5 Å². The van der Waals surface area contributed by atoms with Crippen LogP contribution in [0, 0.1) is 6.92 Å². The van der Waals surface area contributed by atoms with Gasteiger partial charge in [0.1, 0.15) is 17.5 Å². The largest absolute Gasteiger partial charge is 0.493 e. The number of rotatable bonds is 6. The molecule has 0 saturated carbocycles. The fourth-order valence-electron chi connectivity index (χ4n) is 3.10. The second-order valence-corrected chi connectivity index (χ2v) is 6.39. The van der Waals surface area contributed by atoms with Crippen LogP contribution in [0.25, 0.3) is 10.9 Å². The van der Waals surface area contributed by atoms with Crippen molar-refractivity contribution in [1.29, 1.82) is 0 Å². The zero-order valence-corrected chi connectivity index (χ0v) is 16.4. The molecule has 0 saturated heterocycles. The third kappa shape index (κ3) is 4.03. The number of anilines is 4. The molecule has 7 nitrogen and oxygen atoms in total. The maximum absolute atomic E-state index is 5.36. The first-order valence-corrected chi connectivity index (χ1v) is 9.12. The molecule has 7 heteroatoms. The highest BCUT2D eigenvalue weighted by Crippen LogP contribution is 2.31. The first-order valence-electron chi connectivity index (χ1n) is 9.12. The number of fused-ring (bicyclic) bond motifs is 1. The van der Waals surface area contributed by atoms with Crippen LogP contribution in [-0.2, 0) is 0 Å². The molecule has 2 aromatic carbocycles. The number of aromatic nitrogens is 3. The Morgan fingerprint density at radius 3 is 2.34 bits per heavy atom. The fraction of sp³-hybridized carbons (Fsp3) is 0.136.